The van der Waals surface area contributed by atoms with Crippen molar-refractivity contribution in [3.05, 3.63) is 11.6 Å². The number of hydrogen-bond acceptors (Lipinski definition) is 5. The van der Waals surface area contributed by atoms with Crippen LogP contribution < -0.4 is 10.6 Å². The Hall–Kier alpha value is -1.28. The maximum atomic E-state index is 5.12. The Morgan fingerprint density at radius 2 is 2.24 bits per heavy atom. The topological polar surface area (TPSA) is 76.4 Å². The standard InChI is InChI=1S/C17H32N6OS/c1-5-25-15-8-7-14(11-15)20-17(18-9-6-10-24-4)19-12-16-22-21-13(2)23(16)3/h14-15H,5-12H2,1-4H3,(H2,18,19,20). The molecule has 2 unspecified atom stereocenters. The quantitative estimate of drug-likeness (QED) is 0.394. The van der Waals surface area contributed by atoms with Crippen molar-refractivity contribution < 1.29 is 4.74 Å². The van der Waals surface area contributed by atoms with Gasteiger partial charge >= 0.3 is 0 Å². The minimum atomic E-state index is 0.499. The molecule has 0 aliphatic heterocycles. The van der Waals surface area contributed by atoms with Gasteiger partial charge in [-0.1, -0.05) is 6.92 Å². The molecule has 1 fully saturated rings. The van der Waals surface area contributed by atoms with Crippen LogP contribution in [0.4, 0.5) is 0 Å². The van der Waals surface area contributed by atoms with Crippen LogP contribution >= 0.6 is 11.8 Å². The highest BCUT2D eigenvalue weighted by molar-refractivity contribution is 7.99. The zero-order valence-corrected chi connectivity index (χ0v) is 16.7. The van der Waals surface area contributed by atoms with Gasteiger partial charge in [-0.3, -0.25) is 0 Å². The summed E-state index contributed by atoms with van der Waals surface area (Å²) in [7, 11) is 3.70. The molecule has 2 N–H and O–H groups in total. The molecule has 1 aliphatic rings. The van der Waals surface area contributed by atoms with Gasteiger partial charge < -0.3 is 19.9 Å². The molecule has 1 saturated carbocycles. The van der Waals surface area contributed by atoms with Crippen LogP contribution in [0.15, 0.2) is 4.99 Å². The summed E-state index contributed by atoms with van der Waals surface area (Å²) in [4.78, 5) is 4.72. The molecule has 25 heavy (non-hydrogen) atoms. The predicted octanol–water partition coefficient (Wildman–Crippen LogP) is 1.87. The number of ether oxygens (including phenoxy) is 1. The molecule has 0 amide bonds. The summed E-state index contributed by atoms with van der Waals surface area (Å²) in [6.45, 7) is 6.31. The molecule has 0 spiro atoms. The zero-order valence-electron chi connectivity index (χ0n) is 15.9. The van der Waals surface area contributed by atoms with Crippen LogP contribution in [0.25, 0.3) is 0 Å². The molecule has 8 heteroatoms. The molecular weight excluding hydrogens is 336 g/mol. The maximum Gasteiger partial charge on any atom is 0.191 e. The molecule has 0 saturated heterocycles. The first-order valence-electron chi connectivity index (χ1n) is 9.14. The van der Waals surface area contributed by atoms with Crippen LogP contribution in [0.2, 0.25) is 0 Å². The Kier molecular flexibility index (Phi) is 8.54. The monoisotopic (exact) mass is 368 g/mol. The number of aryl methyl sites for hydroxylation is 1. The molecule has 2 rings (SSSR count). The summed E-state index contributed by atoms with van der Waals surface area (Å²) < 4.78 is 7.10. The lowest BCUT2D eigenvalue weighted by Gasteiger charge is -2.18. The average Bonchev–Trinajstić information content (AvgIpc) is 3.17. The van der Waals surface area contributed by atoms with Gasteiger partial charge in [0.05, 0.1) is 0 Å². The molecule has 0 aromatic carbocycles. The van der Waals surface area contributed by atoms with E-state index in [4.69, 9.17) is 9.73 Å². The highest BCUT2D eigenvalue weighted by Crippen LogP contribution is 2.29. The molecule has 7 nitrogen and oxygen atoms in total. The molecule has 1 aromatic rings. The summed E-state index contributed by atoms with van der Waals surface area (Å²) >= 11 is 2.07. The van der Waals surface area contributed by atoms with E-state index in [-0.39, 0.29) is 0 Å². The SMILES string of the molecule is CCSC1CCC(NC(=NCc2nnc(C)n2C)NCCCOC)C1. The molecule has 0 bridgehead atoms. The Bertz CT molecular complexity index is 547. The number of nitrogens with one attached hydrogen (secondary N) is 2. The van der Waals surface area contributed by atoms with Gasteiger partial charge in [-0.05, 0) is 38.4 Å². The lowest BCUT2D eigenvalue weighted by molar-refractivity contribution is 0.195. The number of aromatic nitrogens is 3. The molecule has 142 valence electrons. The summed E-state index contributed by atoms with van der Waals surface area (Å²) in [6, 6.07) is 0.499. The fourth-order valence-electron chi connectivity index (χ4n) is 2.97. The first-order valence-corrected chi connectivity index (χ1v) is 10.2. The van der Waals surface area contributed by atoms with E-state index in [1.807, 2.05) is 18.5 Å². The van der Waals surface area contributed by atoms with Gasteiger partial charge in [0, 0.05) is 38.6 Å². The summed E-state index contributed by atoms with van der Waals surface area (Å²) in [6.07, 6.45) is 4.66. The van der Waals surface area contributed by atoms with Gasteiger partial charge in [-0.15, -0.1) is 10.2 Å². The first-order chi connectivity index (χ1) is 12.1. The highest BCUT2D eigenvalue weighted by Gasteiger charge is 2.25. The summed E-state index contributed by atoms with van der Waals surface area (Å²) in [5, 5.41) is 16.1. The third kappa shape index (κ3) is 6.51. The number of guanidine groups is 1. The third-order valence-electron chi connectivity index (χ3n) is 4.51. The van der Waals surface area contributed by atoms with Gasteiger partial charge in [0.1, 0.15) is 12.4 Å². The van der Waals surface area contributed by atoms with Crippen LogP contribution in [0.1, 0.15) is 44.3 Å². The van der Waals surface area contributed by atoms with Crippen molar-refractivity contribution in [1.82, 2.24) is 25.4 Å². The van der Waals surface area contributed by atoms with Crippen molar-refractivity contribution in [2.75, 3.05) is 26.0 Å². The lowest BCUT2D eigenvalue weighted by Crippen LogP contribution is -2.43. The Morgan fingerprint density at radius 3 is 2.92 bits per heavy atom. The fraction of sp³-hybridized carbons (Fsp3) is 0.824. The van der Waals surface area contributed by atoms with E-state index in [9.17, 15) is 0 Å². The van der Waals surface area contributed by atoms with Crippen LogP contribution in [0, 0.1) is 6.92 Å². The largest absolute Gasteiger partial charge is 0.385 e. The normalized spacial score (nSPS) is 20.9. The minimum absolute atomic E-state index is 0.499. The average molecular weight is 369 g/mol. The van der Waals surface area contributed by atoms with E-state index < -0.39 is 0 Å². The smallest absolute Gasteiger partial charge is 0.191 e. The Labute approximate surface area is 155 Å². The Morgan fingerprint density at radius 1 is 1.40 bits per heavy atom. The second kappa shape index (κ2) is 10.7. The van der Waals surface area contributed by atoms with E-state index in [0.29, 0.717) is 12.6 Å². The van der Waals surface area contributed by atoms with Gasteiger partial charge in [-0.25, -0.2) is 4.99 Å². The molecule has 0 radical (unpaired) electrons. The van der Waals surface area contributed by atoms with Crippen molar-refractivity contribution in [3.8, 4) is 0 Å². The van der Waals surface area contributed by atoms with Crippen molar-refractivity contribution in [1.29, 1.82) is 0 Å². The van der Waals surface area contributed by atoms with Gasteiger partial charge in [-0.2, -0.15) is 11.8 Å². The van der Waals surface area contributed by atoms with E-state index >= 15 is 0 Å². The van der Waals surface area contributed by atoms with Crippen LogP contribution in [0.3, 0.4) is 0 Å². The van der Waals surface area contributed by atoms with E-state index in [0.717, 1.165) is 42.4 Å². The molecule has 1 aliphatic carbocycles. The summed E-state index contributed by atoms with van der Waals surface area (Å²) in [5.74, 6) is 3.84. The van der Waals surface area contributed by atoms with Gasteiger partial charge in [0.25, 0.3) is 0 Å². The molecular formula is C17H32N6OS. The van der Waals surface area contributed by atoms with Crippen molar-refractivity contribution in [2.24, 2.45) is 12.0 Å². The van der Waals surface area contributed by atoms with Crippen LogP contribution in [0.5, 0.6) is 0 Å². The zero-order chi connectivity index (χ0) is 18.1. The minimum Gasteiger partial charge on any atom is -0.385 e. The van der Waals surface area contributed by atoms with Gasteiger partial charge in [0.15, 0.2) is 11.8 Å². The maximum absolute atomic E-state index is 5.12. The molecule has 1 heterocycles. The highest BCUT2D eigenvalue weighted by atomic mass is 32.2. The second-order valence-electron chi connectivity index (χ2n) is 6.39. The molecule has 1 aromatic heterocycles. The van der Waals surface area contributed by atoms with E-state index in [1.165, 1.54) is 25.0 Å². The van der Waals surface area contributed by atoms with Crippen LogP contribution in [-0.4, -0.2) is 58.0 Å². The number of thioether (sulfide) groups is 1. The second-order valence-corrected chi connectivity index (χ2v) is 7.97. The van der Waals surface area contributed by atoms with Crippen LogP contribution in [-0.2, 0) is 18.3 Å². The van der Waals surface area contributed by atoms with E-state index in [1.54, 1.807) is 7.11 Å². The van der Waals surface area contributed by atoms with Crippen molar-refractivity contribution in [3.63, 3.8) is 0 Å². The van der Waals surface area contributed by atoms with Crippen molar-refractivity contribution in [2.45, 2.75) is 57.4 Å². The summed E-state index contributed by atoms with van der Waals surface area (Å²) in [5.41, 5.74) is 0. The van der Waals surface area contributed by atoms with Gasteiger partial charge in [0.2, 0.25) is 0 Å². The number of nitrogens with zero attached hydrogens (tertiary/aromatic N) is 4. The lowest BCUT2D eigenvalue weighted by atomic mass is 10.2. The van der Waals surface area contributed by atoms with Crippen molar-refractivity contribution >= 4 is 17.7 Å². The molecule has 2 atom stereocenters. The first kappa shape index (κ1) is 20.0. The van der Waals surface area contributed by atoms with E-state index in [2.05, 4.69) is 39.5 Å². The fourth-order valence-corrected chi connectivity index (χ4v) is 4.11. The number of hydrogen-bond donors (Lipinski definition) is 2. The number of aliphatic imine (C=N–C) groups is 1. The Balaban J connectivity index is 1.92. The number of methoxy groups -OCH3 is 1. The number of rotatable bonds is 9. The third-order valence-corrected chi connectivity index (χ3v) is 5.74. The predicted molar refractivity (Wildman–Crippen MR) is 104 cm³/mol.